The molecule has 0 unspecified atom stereocenters. The molecule has 0 radical (unpaired) electrons. The average molecular weight is 517 g/mol. The number of halogens is 3. The number of hydrogen-bond donors (Lipinski definition) is 0. The number of aromatic nitrogens is 2. The summed E-state index contributed by atoms with van der Waals surface area (Å²) >= 11 is 8.22. The third-order valence-electron chi connectivity index (χ3n) is 6.56. The molecule has 0 saturated carbocycles. The van der Waals surface area contributed by atoms with Gasteiger partial charge in [-0.15, -0.1) is 11.8 Å². The Labute approximate surface area is 210 Å². The first-order chi connectivity index (χ1) is 16.7. The molecule has 2 aliphatic rings. The fourth-order valence-electron chi connectivity index (χ4n) is 5.17. The molecule has 2 aliphatic heterocycles. The Kier molecular flexibility index (Phi) is 6.09. The maximum atomic E-state index is 14.8. The molecule has 5 rings (SSSR count). The number of carbonyl (C=O) groups is 1. The van der Waals surface area contributed by atoms with E-state index in [0.29, 0.717) is 57.6 Å². The number of piperazine rings is 1. The van der Waals surface area contributed by atoms with E-state index >= 15 is 0 Å². The lowest BCUT2D eigenvalue weighted by atomic mass is 10.0. The third kappa shape index (κ3) is 3.90. The second kappa shape index (κ2) is 8.95. The Hall–Kier alpha value is -2.91. The lowest BCUT2D eigenvalue weighted by Crippen LogP contribution is -2.58. The summed E-state index contributed by atoms with van der Waals surface area (Å²) in [6.45, 7) is 8.90. The van der Waals surface area contributed by atoms with Gasteiger partial charge >= 0.3 is 5.69 Å². The van der Waals surface area contributed by atoms with E-state index in [1.54, 1.807) is 15.5 Å². The number of anilines is 1. The highest BCUT2D eigenvalue weighted by atomic mass is 35.5. The number of rotatable bonds is 3. The van der Waals surface area contributed by atoms with Gasteiger partial charge < -0.3 is 9.80 Å². The fraction of sp³-hybridized carbons (Fsp3) is 0.320. The monoisotopic (exact) mass is 516 g/mol. The molecule has 0 aliphatic carbocycles. The largest absolute Gasteiger partial charge is 0.352 e. The van der Waals surface area contributed by atoms with Gasteiger partial charge in [0.2, 0.25) is 5.91 Å². The lowest BCUT2D eigenvalue weighted by Gasteiger charge is -2.44. The minimum absolute atomic E-state index is 0.131. The Morgan fingerprint density at radius 3 is 2.60 bits per heavy atom. The summed E-state index contributed by atoms with van der Waals surface area (Å²) in [5.74, 6) is -0.453. The van der Waals surface area contributed by atoms with Crippen LogP contribution in [0.25, 0.3) is 22.0 Å². The van der Waals surface area contributed by atoms with Gasteiger partial charge in [-0.1, -0.05) is 18.2 Å². The summed E-state index contributed by atoms with van der Waals surface area (Å²) < 4.78 is 30.0. The van der Waals surface area contributed by atoms with E-state index in [1.807, 2.05) is 18.7 Å². The number of hydrogen-bond acceptors (Lipinski definition) is 5. The van der Waals surface area contributed by atoms with Crippen LogP contribution >= 0.6 is 23.4 Å². The maximum Gasteiger partial charge on any atom is 0.350 e. The molecule has 0 spiro atoms. The van der Waals surface area contributed by atoms with Gasteiger partial charge in [-0.3, -0.25) is 9.36 Å². The van der Waals surface area contributed by atoms with Crippen molar-refractivity contribution in [3.63, 3.8) is 0 Å². The van der Waals surface area contributed by atoms with Gasteiger partial charge in [-0.25, -0.2) is 13.6 Å². The lowest BCUT2D eigenvalue weighted by molar-refractivity contribution is -0.130. The summed E-state index contributed by atoms with van der Waals surface area (Å²) in [5.41, 5.74) is 0.866. The van der Waals surface area contributed by atoms with Gasteiger partial charge in [0.25, 0.3) is 0 Å². The summed E-state index contributed by atoms with van der Waals surface area (Å²) in [6.07, 6.45) is 1.31. The molecule has 6 nitrogen and oxygen atoms in total. The van der Waals surface area contributed by atoms with Crippen molar-refractivity contribution in [2.45, 2.75) is 37.4 Å². The highest BCUT2D eigenvalue weighted by Crippen LogP contribution is 2.46. The van der Waals surface area contributed by atoms with Crippen LogP contribution < -0.4 is 10.6 Å². The van der Waals surface area contributed by atoms with Crippen molar-refractivity contribution in [1.29, 1.82) is 0 Å². The number of amides is 1. The third-order valence-corrected chi connectivity index (χ3v) is 7.93. The Balaban J connectivity index is 1.71. The molecule has 3 aromatic rings. The molecule has 0 N–H and O–H groups in total. The number of aryl methyl sites for hydroxylation is 1. The van der Waals surface area contributed by atoms with Crippen LogP contribution in [0.15, 0.2) is 46.6 Å². The Morgan fingerprint density at radius 2 is 1.94 bits per heavy atom. The van der Waals surface area contributed by atoms with Gasteiger partial charge in [0.15, 0.2) is 0 Å². The predicted octanol–water partition coefficient (Wildman–Crippen LogP) is 4.71. The van der Waals surface area contributed by atoms with E-state index in [-0.39, 0.29) is 23.6 Å². The molecular weight excluding hydrogens is 494 g/mol. The standard InChI is InChI=1S/C25H23ClF2N4O2S/c1-4-20(33)32-13(2)11-30(12-14(32)3)24-17-10-18(26)21(16-6-5-15(27)9-19(16)28)23-22(17)31(7-8-35-23)25(34)29-24/h4-6,9-10,13-14H,1,7-8,11-12H2,2-3H3/t13-,14+. The van der Waals surface area contributed by atoms with Crippen molar-refractivity contribution in [1.82, 2.24) is 14.5 Å². The van der Waals surface area contributed by atoms with Crippen LogP contribution in [0.5, 0.6) is 0 Å². The zero-order chi connectivity index (χ0) is 25.0. The van der Waals surface area contributed by atoms with Crippen LogP contribution in [0, 0.1) is 11.6 Å². The van der Waals surface area contributed by atoms with Crippen LogP contribution in [-0.4, -0.2) is 51.3 Å². The topological polar surface area (TPSA) is 58.4 Å². The first-order valence-corrected chi connectivity index (χ1v) is 12.6. The van der Waals surface area contributed by atoms with Crippen molar-refractivity contribution < 1.29 is 13.6 Å². The molecule has 1 saturated heterocycles. The van der Waals surface area contributed by atoms with Crippen LogP contribution in [0.4, 0.5) is 14.6 Å². The first-order valence-electron chi connectivity index (χ1n) is 11.3. The van der Waals surface area contributed by atoms with Gasteiger partial charge in [0.1, 0.15) is 17.5 Å². The minimum Gasteiger partial charge on any atom is -0.352 e. The Morgan fingerprint density at radius 1 is 1.23 bits per heavy atom. The number of benzene rings is 2. The number of carbonyl (C=O) groups excluding carboxylic acids is 1. The van der Waals surface area contributed by atoms with E-state index < -0.39 is 17.3 Å². The van der Waals surface area contributed by atoms with E-state index in [0.717, 1.165) is 6.07 Å². The smallest absolute Gasteiger partial charge is 0.350 e. The molecule has 1 amide bonds. The molecule has 182 valence electrons. The van der Waals surface area contributed by atoms with Crippen LogP contribution in [0.2, 0.25) is 5.02 Å². The molecule has 1 aromatic heterocycles. The highest BCUT2D eigenvalue weighted by molar-refractivity contribution is 7.99. The van der Waals surface area contributed by atoms with Gasteiger partial charge in [0, 0.05) is 64.9 Å². The molecular formula is C25H23ClF2N4O2S. The first kappa shape index (κ1) is 23.8. The molecule has 35 heavy (non-hydrogen) atoms. The summed E-state index contributed by atoms with van der Waals surface area (Å²) in [5, 5.41) is 0.980. The quantitative estimate of drug-likeness (QED) is 0.472. The van der Waals surface area contributed by atoms with Crippen molar-refractivity contribution in [2.24, 2.45) is 0 Å². The molecule has 1 fully saturated rings. The fourth-order valence-corrected chi connectivity index (χ4v) is 6.73. The predicted molar refractivity (Wildman–Crippen MR) is 135 cm³/mol. The van der Waals surface area contributed by atoms with E-state index in [9.17, 15) is 18.4 Å². The average Bonchev–Trinajstić information content (AvgIpc) is 2.81. The second-order valence-corrected chi connectivity index (χ2v) is 10.4. The van der Waals surface area contributed by atoms with E-state index in [4.69, 9.17) is 11.6 Å². The van der Waals surface area contributed by atoms with Crippen molar-refractivity contribution in [3.8, 4) is 11.1 Å². The van der Waals surface area contributed by atoms with Crippen LogP contribution in [0.1, 0.15) is 13.8 Å². The summed E-state index contributed by atoms with van der Waals surface area (Å²) in [4.78, 5) is 34.3. The van der Waals surface area contributed by atoms with E-state index in [1.165, 1.54) is 30.0 Å². The zero-order valence-electron chi connectivity index (χ0n) is 19.2. The van der Waals surface area contributed by atoms with Crippen molar-refractivity contribution >= 4 is 46.0 Å². The summed E-state index contributed by atoms with van der Waals surface area (Å²) in [6, 6.07) is 4.83. The van der Waals surface area contributed by atoms with Crippen molar-refractivity contribution in [3.05, 3.63) is 64.1 Å². The summed E-state index contributed by atoms with van der Waals surface area (Å²) in [7, 11) is 0. The number of nitrogens with zero attached hydrogens (tertiary/aromatic N) is 4. The molecule has 2 atom stereocenters. The van der Waals surface area contributed by atoms with Crippen molar-refractivity contribution in [2.75, 3.05) is 23.7 Å². The molecule has 0 bridgehead atoms. The van der Waals surface area contributed by atoms with Gasteiger partial charge in [-0.2, -0.15) is 4.98 Å². The van der Waals surface area contributed by atoms with Crippen LogP contribution in [-0.2, 0) is 11.3 Å². The molecule has 3 heterocycles. The highest BCUT2D eigenvalue weighted by Gasteiger charge is 2.34. The minimum atomic E-state index is -0.720. The van der Waals surface area contributed by atoms with Crippen LogP contribution in [0.3, 0.4) is 0 Å². The SMILES string of the molecule is C=CC(=O)N1[C@H](C)CN(c2nc(=O)n3c4c(c(-c5ccc(F)cc5F)c(Cl)cc24)SCC3)C[C@@H]1C. The van der Waals surface area contributed by atoms with Gasteiger partial charge in [-0.05, 0) is 38.1 Å². The zero-order valence-corrected chi connectivity index (χ0v) is 20.8. The maximum absolute atomic E-state index is 14.8. The van der Waals surface area contributed by atoms with Gasteiger partial charge in [0.05, 0.1) is 10.5 Å². The van der Waals surface area contributed by atoms with E-state index in [2.05, 4.69) is 11.6 Å². The second-order valence-electron chi connectivity index (χ2n) is 8.85. The molecule has 2 aromatic carbocycles. The molecule has 10 heteroatoms. The number of thioether (sulfide) groups is 1. The normalized spacial score (nSPS) is 19.8. The Bertz CT molecular complexity index is 1430.